The molecule has 25 heavy (non-hydrogen) atoms. The van der Waals surface area contributed by atoms with Gasteiger partial charge in [-0.2, -0.15) is 5.10 Å². The molecular weight excluding hydrogens is 340 g/mol. The number of nitrogens with one attached hydrogen (secondary N) is 1. The van der Waals surface area contributed by atoms with Crippen LogP contribution in [0.25, 0.3) is 0 Å². The quantitative estimate of drug-likeness (QED) is 0.847. The van der Waals surface area contributed by atoms with Crippen LogP contribution in [-0.4, -0.2) is 54.4 Å². The van der Waals surface area contributed by atoms with Crippen LogP contribution in [0.1, 0.15) is 60.3 Å². The maximum absolute atomic E-state index is 13.3. The standard InChI is InChI=1S/C17H28N4O3S/c1-20-16(14-8-3-4-9-15(14)19-20)17(22)21-12-6-5-7-13(21)10-11-18-25(2,23)24/h13,18H,3-12H2,1-2H3/t13-/m0/s1. The Morgan fingerprint density at radius 1 is 1.24 bits per heavy atom. The van der Waals surface area contributed by atoms with Gasteiger partial charge in [0, 0.05) is 31.7 Å². The summed E-state index contributed by atoms with van der Waals surface area (Å²) in [6.07, 6.45) is 8.96. The molecule has 1 atom stereocenters. The van der Waals surface area contributed by atoms with Gasteiger partial charge in [0.25, 0.3) is 5.91 Å². The van der Waals surface area contributed by atoms with Crippen LogP contribution >= 0.6 is 0 Å². The summed E-state index contributed by atoms with van der Waals surface area (Å²) in [6.45, 7) is 1.11. The highest BCUT2D eigenvalue weighted by molar-refractivity contribution is 7.88. The van der Waals surface area contributed by atoms with Gasteiger partial charge in [0.2, 0.25) is 10.0 Å². The molecule has 3 rings (SSSR count). The van der Waals surface area contributed by atoms with Crippen LogP contribution in [0.5, 0.6) is 0 Å². The van der Waals surface area contributed by atoms with E-state index in [1.54, 1.807) is 4.68 Å². The molecule has 0 bridgehead atoms. The van der Waals surface area contributed by atoms with Crippen LogP contribution in [0.2, 0.25) is 0 Å². The maximum Gasteiger partial charge on any atom is 0.272 e. The molecule has 1 aromatic rings. The van der Waals surface area contributed by atoms with E-state index in [4.69, 9.17) is 0 Å². The van der Waals surface area contributed by atoms with E-state index in [-0.39, 0.29) is 11.9 Å². The van der Waals surface area contributed by atoms with Crippen molar-refractivity contribution in [3.63, 3.8) is 0 Å². The summed E-state index contributed by atoms with van der Waals surface area (Å²) in [5.41, 5.74) is 2.93. The zero-order chi connectivity index (χ0) is 18.0. The number of sulfonamides is 1. The molecule has 2 aliphatic rings. The smallest absolute Gasteiger partial charge is 0.272 e. The molecule has 1 saturated heterocycles. The van der Waals surface area contributed by atoms with Crippen molar-refractivity contribution in [1.82, 2.24) is 19.4 Å². The van der Waals surface area contributed by atoms with Crippen molar-refractivity contribution in [2.24, 2.45) is 7.05 Å². The average Bonchev–Trinajstić information content (AvgIpc) is 2.89. The molecule has 1 aliphatic carbocycles. The Morgan fingerprint density at radius 3 is 2.76 bits per heavy atom. The highest BCUT2D eigenvalue weighted by Gasteiger charge is 2.32. The van der Waals surface area contributed by atoms with Crippen molar-refractivity contribution in [1.29, 1.82) is 0 Å². The van der Waals surface area contributed by atoms with Gasteiger partial charge in [0.05, 0.1) is 11.9 Å². The SMILES string of the molecule is Cn1nc2c(c1C(=O)N1CCCC[C@H]1CCNS(C)(=O)=O)CCCC2. The second-order valence-electron chi connectivity index (χ2n) is 7.21. The molecule has 8 heteroatoms. The zero-order valence-electron chi connectivity index (χ0n) is 15.1. The summed E-state index contributed by atoms with van der Waals surface area (Å²) >= 11 is 0. The number of aryl methyl sites for hydroxylation is 2. The molecule has 1 N–H and O–H groups in total. The van der Waals surface area contributed by atoms with Crippen molar-refractivity contribution in [3.05, 3.63) is 17.0 Å². The van der Waals surface area contributed by atoms with Gasteiger partial charge >= 0.3 is 0 Å². The minimum atomic E-state index is -3.19. The first-order valence-corrected chi connectivity index (χ1v) is 11.1. The number of aromatic nitrogens is 2. The van der Waals surface area contributed by atoms with Crippen molar-refractivity contribution >= 4 is 15.9 Å². The maximum atomic E-state index is 13.3. The number of likely N-dealkylation sites (tertiary alicyclic amines) is 1. The monoisotopic (exact) mass is 368 g/mol. The topological polar surface area (TPSA) is 84.3 Å². The van der Waals surface area contributed by atoms with E-state index in [0.717, 1.165) is 68.4 Å². The first kappa shape index (κ1) is 18.4. The van der Waals surface area contributed by atoms with Crippen LogP contribution in [0.3, 0.4) is 0 Å². The fraction of sp³-hybridized carbons (Fsp3) is 0.765. The summed E-state index contributed by atoms with van der Waals surface area (Å²) in [6, 6.07) is 0.0876. The number of piperidine rings is 1. The molecule has 0 radical (unpaired) electrons. The van der Waals surface area contributed by atoms with Crippen molar-refractivity contribution in [3.8, 4) is 0 Å². The first-order chi connectivity index (χ1) is 11.9. The Labute approximate surface area is 149 Å². The fourth-order valence-electron chi connectivity index (χ4n) is 4.06. The summed E-state index contributed by atoms with van der Waals surface area (Å²) < 4.78 is 26.8. The third-order valence-corrected chi connectivity index (χ3v) is 5.98. The number of hydrogen-bond donors (Lipinski definition) is 1. The second kappa shape index (κ2) is 7.45. The Bertz CT molecular complexity index is 741. The number of fused-ring (bicyclic) bond motifs is 1. The molecule has 7 nitrogen and oxygen atoms in total. The number of rotatable bonds is 5. The van der Waals surface area contributed by atoms with Gasteiger partial charge in [-0.1, -0.05) is 0 Å². The predicted octanol–water partition coefficient (Wildman–Crippen LogP) is 1.23. The molecule has 2 heterocycles. The predicted molar refractivity (Wildman–Crippen MR) is 96.0 cm³/mol. The van der Waals surface area contributed by atoms with E-state index in [0.29, 0.717) is 13.0 Å². The van der Waals surface area contributed by atoms with E-state index >= 15 is 0 Å². The van der Waals surface area contributed by atoms with E-state index in [1.165, 1.54) is 6.26 Å². The minimum Gasteiger partial charge on any atom is -0.334 e. The second-order valence-corrected chi connectivity index (χ2v) is 9.04. The van der Waals surface area contributed by atoms with Crippen molar-refractivity contribution < 1.29 is 13.2 Å². The van der Waals surface area contributed by atoms with Crippen LogP contribution < -0.4 is 4.72 Å². The van der Waals surface area contributed by atoms with Crippen LogP contribution in [0, 0.1) is 0 Å². The molecule has 0 spiro atoms. The molecule has 1 aromatic heterocycles. The largest absolute Gasteiger partial charge is 0.334 e. The minimum absolute atomic E-state index is 0.0576. The number of carbonyl (C=O) groups excluding carboxylic acids is 1. The third-order valence-electron chi connectivity index (χ3n) is 5.25. The van der Waals surface area contributed by atoms with Crippen LogP contribution in [0.4, 0.5) is 0 Å². The Hall–Kier alpha value is -1.41. The van der Waals surface area contributed by atoms with Crippen molar-refractivity contribution in [2.75, 3.05) is 19.3 Å². The molecule has 1 fully saturated rings. The average molecular weight is 369 g/mol. The Morgan fingerprint density at radius 2 is 2.00 bits per heavy atom. The highest BCUT2D eigenvalue weighted by Crippen LogP contribution is 2.27. The normalized spacial score (nSPS) is 21.2. The molecule has 140 valence electrons. The van der Waals surface area contributed by atoms with E-state index in [2.05, 4.69) is 9.82 Å². The molecule has 1 amide bonds. The van der Waals surface area contributed by atoms with Gasteiger partial charge < -0.3 is 4.90 Å². The lowest BCUT2D eigenvalue weighted by molar-refractivity contribution is 0.0591. The summed E-state index contributed by atoms with van der Waals surface area (Å²) in [4.78, 5) is 15.2. The lowest BCUT2D eigenvalue weighted by Gasteiger charge is -2.36. The van der Waals surface area contributed by atoms with Gasteiger partial charge in [0.15, 0.2) is 0 Å². The Balaban J connectivity index is 1.76. The van der Waals surface area contributed by atoms with Gasteiger partial charge in [-0.05, 0) is 51.4 Å². The molecule has 0 aromatic carbocycles. The summed E-state index contributed by atoms with van der Waals surface area (Å²) in [7, 11) is -1.34. The first-order valence-electron chi connectivity index (χ1n) is 9.17. The van der Waals surface area contributed by atoms with E-state index < -0.39 is 10.0 Å². The third kappa shape index (κ3) is 4.23. The number of carbonyl (C=O) groups is 1. The number of amides is 1. The van der Waals surface area contributed by atoms with Crippen molar-refractivity contribution in [2.45, 2.75) is 57.4 Å². The molecule has 0 saturated carbocycles. The van der Waals surface area contributed by atoms with Crippen LogP contribution in [-0.2, 0) is 29.9 Å². The highest BCUT2D eigenvalue weighted by atomic mass is 32.2. The summed E-state index contributed by atoms with van der Waals surface area (Å²) in [5, 5.41) is 4.56. The Kier molecular flexibility index (Phi) is 5.48. The van der Waals surface area contributed by atoms with Gasteiger partial charge in [-0.3, -0.25) is 9.48 Å². The van der Waals surface area contributed by atoms with Crippen LogP contribution in [0.15, 0.2) is 0 Å². The molecule has 0 unspecified atom stereocenters. The lowest BCUT2D eigenvalue weighted by atomic mass is 9.94. The zero-order valence-corrected chi connectivity index (χ0v) is 15.9. The van der Waals surface area contributed by atoms with E-state index in [1.807, 2.05) is 11.9 Å². The van der Waals surface area contributed by atoms with Gasteiger partial charge in [0.1, 0.15) is 5.69 Å². The van der Waals surface area contributed by atoms with E-state index in [9.17, 15) is 13.2 Å². The van der Waals surface area contributed by atoms with Gasteiger partial charge in [-0.25, -0.2) is 13.1 Å². The number of nitrogens with zero attached hydrogens (tertiary/aromatic N) is 3. The molecular formula is C17H28N4O3S. The fourth-order valence-corrected chi connectivity index (χ4v) is 4.55. The van der Waals surface area contributed by atoms with Gasteiger partial charge in [-0.15, -0.1) is 0 Å². The summed E-state index contributed by atoms with van der Waals surface area (Å²) in [5.74, 6) is 0.0576. The number of hydrogen-bond acceptors (Lipinski definition) is 4. The lowest BCUT2D eigenvalue weighted by Crippen LogP contribution is -2.46. The molecule has 1 aliphatic heterocycles.